The standard InChI is InChI=1S/C9H14ClN3O/c1-7-8(6-12-13(7)2)3-4-11-9(14)5-10/h6H,3-5H2,1-2H3,(H,11,14). The average Bonchev–Trinajstić information content (AvgIpc) is 2.49. The van der Waals surface area contributed by atoms with Crippen molar-refractivity contribution in [2.24, 2.45) is 7.05 Å². The maximum atomic E-state index is 10.8. The lowest BCUT2D eigenvalue weighted by atomic mass is 10.2. The number of halogens is 1. The van der Waals surface area contributed by atoms with Gasteiger partial charge in [-0.3, -0.25) is 9.48 Å². The van der Waals surface area contributed by atoms with Gasteiger partial charge in [0.1, 0.15) is 5.88 Å². The minimum absolute atomic E-state index is 0.0199. The van der Waals surface area contributed by atoms with Gasteiger partial charge in [0.05, 0.1) is 6.20 Å². The van der Waals surface area contributed by atoms with Gasteiger partial charge < -0.3 is 5.32 Å². The largest absolute Gasteiger partial charge is 0.355 e. The zero-order valence-electron chi connectivity index (χ0n) is 8.38. The molecule has 0 saturated carbocycles. The number of alkyl halides is 1. The predicted molar refractivity (Wildman–Crippen MR) is 55.4 cm³/mol. The molecule has 0 bridgehead atoms. The Labute approximate surface area is 88.2 Å². The van der Waals surface area contributed by atoms with E-state index in [4.69, 9.17) is 11.6 Å². The van der Waals surface area contributed by atoms with Crippen LogP contribution in [-0.4, -0.2) is 28.1 Å². The van der Waals surface area contributed by atoms with Gasteiger partial charge >= 0.3 is 0 Å². The van der Waals surface area contributed by atoms with E-state index in [1.54, 1.807) is 0 Å². The van der Waals surface area contributed by atoms with Crippen LogP contribution in [0.4, 0.5) is 0 Å². The summed E-state index contributed by atoms with van der Waals surface area (Å²) in [6, 6.07) is 0. The summed E-state index contributed by atoms with van der Waals surface area (Å²) in [4.78, 5) is 10.8. The lowest BCUT2D eigenvalue weighted by molar-refractivity contribution is -0.118. The molecule has 1 rings (SSSR count). The highest BCUT2D eigenvalue weighted by atomic mass is 35.5. The van der Waals surface area contributed by atoms with Crippen LogP contribution in [-0.2, 0) is 18.3 Å². The third-order valence-electron chi connectivity index (χ3n) is 2.17. The SMILES string of the molecule is Cc1c(CCNC(=O)CCl)cnn1C. The Morgan fingerprint density at radius 2 is 2.43 bits per heavy atom. The number of nitrogens with zero attached hydrogens (tertiary/aromatic N) is 2. The molecule has 0 unspecified atom stereocenters. The quantitative estimate of drug-likeness (QED) is 0.749. The summed E-state index contributed by atoms with van der Waals surface area (Å²) < 4.78 is 1.82. The number of carbonyl (C=O) groups is 1. The molecule has 0 radical (unpaired) electrons. The van der Waals surface area contributed by atoms with Gasteiger partial charge in [-0.05, 0) is 18.9 Å². The Morgan fingerprint density at radius 3 is 2.93 bits per heavy atom. The molecule has 14 heavy (non-hydrogen) atoms. The summed E-state index contributed by atoms with van der Waals surface area (Å²) in [6.45, 7) is 2.61. The molecule has 0 atom stereocenters. The molecule has 0 aliphatic carbocycles. The number of nitrogens with one attached hydrogen (secondary N) is 1. The lowest BCUT2D eigenvalue weighted by Gasteiger charge is -2.02. The van der Waals surface area contributed by atoms with Crippen molar-refractivity contribution in [1.82, 2.24) is 15.1 Å². The first-order valence-corrected chi connectivity index (χ1v) is 4.98. The van der Waals surface area contributed by atoms with E-state index in [0.717, 1.165) is 17.7 Å². The van der Waals surface area contributed by atoms with Gasteiger partial charge in [0.15, 0.2) is 0 Å². The molecule has 0 spiro atoms. The lowest BCUT2D eigenvalue weighted by Crippen LogP contribution is -2.26. The molecule has 4 nitrogen and oxygen atoms in total. The maximum absolute atomic E-state index is 10.8. The Kier molecular flexibility index (Phi) is 3.95. The van der Waals surface area contributed by atoms with Crippen LogP contribution in [0.1, 0.15) is 11.3 Å². The van der Waals surface area contributed by atoms with E-state index < -0.39 is 0 Å². The number of aromatic nitrogens is 2. The normalized spacial score (nSPS) is 10.2. The fourth-order valence-electron chi connectivity index (χ4n) is 1.17. The first kappa shape index (κ1) is 11.0. The first-order valence-electron chi connectivity index (χ1n) is 4.45. The summed E-state index contributed by atoms with van der Waals surface area (Å²) in [5, 5.41) is 6.82. The van der Waals surface area contributed by atoms with E-state index in [1.807, 2.05) is 24.9 Å². The van der Waals surface area contributed by atoms with Gasteiger partial charge in [0, 0.05) is 19.3 Å². The Bertz CT molecular complexity index is 322. The summed E-state index contributed by atoms with van der Waals surface area (Å²) in [5.74, 6) is -0.111. The van der Waals surface area contributed by atoms with E-state index in [9.17, 15) is 4.79 Å². The van der Waals surface area contributed by atoms with Gasteiger partial charge in [-0.25, -0.2) is 0 Å². The molecule has 0 aliphatic rings. The molecule has 0 aromatic carbocycles. The molecule has 1 N–H and O–H groups in total. The Hall–Kier alpha value is -1.03. The molecule has 1 aromatic rings. The molecular formula is C9H14ClN3O. The predicted octanol–water partition coefficient (Wildman–Crippen LogP) is 0.626. The van der Waals surface area contributed by atoms with Crippen molar-refractivity contribution in [3.05, 3.63) is 17.5 Å². The topological polar surface area (TPSA) is 46.9 Å². The summed E-state index contributed by atoms with van der Waals surface area (Å²) in [5.41, 5.74) is 2.28. The molecule has 0 saturated heterocycles. The molecule has 5 heteroatoms. The Morgan fingerprint density at radius 1 is 1.71 bits per heavy atom. The smallest absolute Gasteiger partial charge is 0.234 e. The first-order chi connectivity index (χ1) is 6.65. The molecule has 1 amide bonds. The fraction of sp³-hybridized carbons (Fsp3) is 0.556. The third-order valence-corrected chi connectivity index (χ3v) is 2.42. The van der Waals surface area contributed by atoms with Crippen LogP contribution in [0, 0.1) is 6.92 Å². The van der Waals surface area contributed by atoms with Crippen LogP contribution < -0.4 is 5.32 Å². The van der Waals surface area contributed by atoms with Gasteiger partial charge in [-0.1, -0.05) is 0 Å². The molecule has 0 aliphatic heterocycles. The number of aryl methyl sites for hydroxylation is 1. The van der Waals surface area contributed by atoms with Crippen LogP contribution >= 0.6 is 11.6 Å². The highest BCUT2D eigenvalue weighted by Crippen LogP contribution is 2.05. The second-order valence-electron chi connectivity index (χ2n) is 3.11. The molecule has 78 valence electrons. The summed E-state index contributed by atoms with van der Waals surface area (Å²) in [6.07, 6.45) is 2.62. The zero-order valence-corrected chi connectivity index (χ0v) is 9.14. The highest BCUT2D eigenvalue weighted by molar-refractivity contribution is 6.27. The van der Waals surface area contributed by atoms with E-state index in [2.05, 4.69) is 10.4 Å². The van der Waals surface area contributed by atoms with E-state index in [-0.39, 0.29) is 11.8 Å². The van der Waals surface area contributed by atoms with E-state index >= 15 is 0 Å². The van der Waals surface area contributed by atoms with Crippen LogP contribution in [0.2, 0.25) is 0 Å². The molecule has 0 fully saturated rings. The second-order valence-corrected chi connectivity index (χ2v) is 3.38. The van der Waals surface area contributed by atoms with E-state index in [0.29, 0.717) is 6.54 Å². The van der Waals surface area contributed by atoms with E-state index in [1.165, 1.54) is 0 Å². The van der Waals surface area contributed by atoms with Crippen molar-refractivity contribution in [3.63, 3.8) is 0 Å². The Balaban J connectivity index is 2.39. The highest BCUT2D eigenvalue weighted by Gasteiger charge is 2.03. The van der Waals surface area contributed by atoms with Gasteiger partial charge in [-0.15, -0.1) is 11.6 Å². The van der Waals surface area contributed by atoms with Crippen LogP contribution in [0.15, 0.2) is 6.20 Å². The monoisotopic (exact) mass is 215 g/mol. The molecule has 1 heterocycles. The number of amides is 1. The van der Waals surface area contributed by atoms with Crippen molar-refractivity contribution in [1.29, 1.82) is 0 Å². The van der Waals surface area contributed by atoms with Crippen LogP contribution in [0.3, 0.4) is 0 Å². The third kappa shape index (κ3) is 2.73. The fourth-order valence-corrected chi connectivity index (χ4v) is 1.27. The summed E-state index contributed by atoms with van der Waals surface area (Å²) >= 11 is 5.34. The number of carbonyl (C=O) groups excluding carboxylic acids is 1. The number of rotatable bonds is 4. The van der Waals surface area contributed by atoms with Crippen molar-refractivity contribution in [2.45, 2.75) is 13.3 Å². The minimum Gasteiger partial charge on any atom is -0.355 e. The van der Waals surface area contributed by atoms with Gasteiger partial charge in [0.25, 0.3) is 0 Å². The average molecular weight is 216 g/mol. The van der Waals surface area contributed by atoms with Crippen LogP contribution in [0.25, 0.3) is 0 Å². The molecule has 1 aromatic heterocycles. The van der Waals surface area contributed by atoms with Crippen molar-refractivity contribution < 1.29 is 4.79 Å². The van der Waals surface area contributed by atoms with Crippen molar-refractivity contribution >= 4 is 17.5 Å². The zero-order chi connectivity index (χ0) is 10.6. The van der Waals surface area contributed by atoms with Crippen LogP contribution in [0.5, 0.6) is 0 Å². The summed E-state index contributed by atoms with van der Waals surface area (Å²) in [7, 11) is 1.90. The number of hydrogen-bond donors (Lipinski definition) is 1. The number of hydrogen-bond acceptors (Lipinski definition) is 2. The second kappa shape index (κ2) is 5.00. The van der Waals surface area contributed by atoms with Crippen molar-refractivity contribution in [3.8, 4) is 0 Å². The van der Waals surface area contributed by atoms with Gasteiger partial charge in [-0.2, -0.15) is 5.10 Å². The van der Waals surface area contributed by atoms with Gasteiger partial charge in [0.2, 0.25) is 5.91 Å². The molecular weight excluding hydrogens is 202 g/mol. The van der Waals surface area contributed by atoms with Crippen molar-refractivity contribution in [2.75, 3.05) is 12.4 Å². The maximum Gasteiger partial charge on any atom is 0.234 e. The minimum atomic E-state index is -0.131.